The van der Waals surface area contributed by atoms with Gasteiger partial charge in [-0.2, -0.15) is 0 Å². The van der Waals surface area contributed by atoms with Crippen LogP contribution in [0, 0.1) is 6.92 Å². The van der Waals surface area contributed by atoms with Gasteiger partial charge in [-0.3, -0.25) is 0 Å². The molecule has 7 nitrogen and oxygen atoms in total. The molecule has 8 heteroatoms. The summed E-state index contributed by atoms with van der Waals surface area (Å²) in [5.41, 5.74) is 1.99. The van der Waals surface area contributed by atoms with E-state index in [0.717, 1.165) is 4.47 Å². The summed E-state index contributed by atoms with van der Waals surface area (Å²) < 4.78 is 16.1. The Hall–Kier alpha value is -2.87. The van der Waals surface area contributed by atoms with Gasteiger partial charge in [0.2, 0.25) is 0 Å². The SMILES string of the molecule is CCc1[nH]c(C(=O)OCc2cc(=O)oc3cc(Br)ccc23)c(C)c1C(=O)OC. The molecule has 1 aromatic carbocycles. The summed E-state index contributed by atoms with van der Waals surface area (Å²) in [4.78, 5) is 39.3. The Morgan fingerprint density at radius 2 is 1.96 bits per heavy atom. The van der Waals surface area contributed by atoms with E-state index in [1.165, 1.54) is 13.2 Å². The Morgan fingerprint density at radius 1 is 1.21 bits per heavy atom. The van der Waals surface area contributed by atoms with E-state index in [9.17, 15) is 14.4 Å². The molecule has 0 fully saturated rings. The predicted molar refractivity (Wildman–Crippen MR) is 106 cm³/mol. The molecular weight excluding hydrogens is 430 g/mol. The second-order valence-electron chi connectivity index (χ2n) is 6.13. The predicted octanol–water partition coefficient (Wildman–Crippen LogP) is 3.90. The van der Waals surface area contributed by atoms with Crippen molar-refractivity contribution in [2.24, 2.45) is 0 Å². The normalized spacial score (nSPS) is 10.9. The third-order valence-corrected chi connectivity index (χ3v) is 4.92. The van der Waals surface area contributed by atoms with Crippen molar-refractivity contribution in [1.82, 2.24) is 4.98 Å². The van der Waals surface area contributed by atoms with E-state index in [0.29, 0.717) is 39.8 Å². The van der Waals surface area contributed by atoms with Gasteiger partial charge < -0.3 is 18.9 Å². The minimum atomic E-state index is -0.624. The van der Waals surface area contributed by atoms with Crippen LogP contribution in [-0.2, 0) is 22.5 Å². The van der Waals surface area contributed by atoms with Crippen LogP contribution in [0.2, 0.25) is 0 Å². The molecule has 1 N–H and O–H groups in total. The number of aromatic amines is 1. The Labute approximate surface area is 168 Å². The lowest BCUT2D eigenvalue weighted by Gasteiger charge is -2.07. The smallest absolute Gasteiger partial charge is 0.355 e. The van der Waals surface area contributed by atoms with Gasteiger partial charge in [-0.25, -0.2) is 14.4 Å². The molecule has 2 heterocycles. The van der Waals surface area contributed by atoms with Crippen molar-refractivity contribution in [3.05, 3.63) is 67.2 Å². The molecule has 0 spiro atoms. The van der Waals surface area contributed by atoms with Gasteiger partial charge >= 0.3 is 17.6 Å². The summed E-state index contributed by atoms with van der Waals surface area (Å²) in [6, 6.07) is 6.55. The quantitative estimate of drug-likeness (QED) is 0.470. The van der Waals surface area contributed by atoms with Crippen LogP contribution in [0.1, 0.15) is 44.6 Å². The van der Waals surface area contributed by atoms with Crippen molar-refractivity contribution in [1.29, 1.82) is 0 Å². The highest BCUT2D eigenvalue weighted by atomic mass is 79.9. The molecule has 0 bridgehead atoms. The summed E-state index contributed by atoms with van der Waals surface area (Å²) in [5, 5.41) is 0.670. The van der Waals surface area contributed by atoms with Crippen LogP contribution in [0.5, 0.6) is 0 Å². The first kappa shape index (κ1) is 19.9. The first-order valence-electron chi connectivity index (χ1n) is 8.54. The first-order valence-corrected chi connectivity index (χ1v) is 9.34. The average molecular weight is 448 g/mol. The minimum Gasteiger partial charge on any atom is -0.465 e. The zero-order valence-corrected chi connectivity index (χ0v) is 17.1. The number of methoxy groups -OCH3 is 1. The summed E-state index contributed by atoms with van der Waals surface area (Å²) in [6.45, 7) is 3.40. The molecule has 0 aliphatic rings. The van der Waals surface area contributed by atoms with Gasteiger partial charge in [0.05, 0.1) is 12.7 Å². The molecule has 0 aliphatic carbocycles. The molecule has 0 atom stereocenters. The number of ether oxygens (including phenoxy) is 2. The lowest BCUT2D eigenvalue weighted by molar-refractivity contribution is 0.0466. The second-order valence-corrected chi connectivity index (χ2v) is 7.05. The van der Waals surface area contributed by atoms with Crippen LogP contribution in [0.25, 0.3) is 11.0 Å². The monoisotopic (exact) mass is 447 g/mol. The summed E-state index contributed by atoms with van der Waals surface area (Å²) in [5.74, 6) is -1.14. The highest BCUT2D eigenvalue weighted by Gasteiger charge is 2.24. The number of halogens is 1. The fourth-order valence-electron chi connectivity index (χ4n) is 3.04. The number of H-pyrrole nitrogens is 1. The average Bonchev–Trinajstić information content (AvgIpc) is 3.01. The lowest BCUT2D eigenvalue weighted by Crippen LogP contribution is -2.10. The van der Waals surface area contributed by atoms with Crippen LogP contribution >= 0.6 is 15.9 Å². The fourth-order valence-corrected chi connectivity index (χ4v) is 3.38. The summed E-state index contributed by atoms with van der Waals surface area (Å²) in [6.07, 6.45) is 0.526. The molecule has 3 rings (SSSR count). The lowest BCUT2D eigenvalue weighted by atomic mass is 10.1. The largest absolute Gasteiger partial charge is 0.465 e. The number of rotatable bonds is 5. The minimum absolute atomic E-state index is 0.115. The number of aryl methyl sites for hydroxylation is 1. The van der Waals surface area contributed by atoms with Crippen LogP contribution in [0.15, 0.2) is 37.9 Å². The van der Waals surface area contributed by atoms with Gasteiger partial charge in [0.25, 0.3) is 0 Å². The first-order chi connectivity index (χ1) is 13.3. The van der Waals surface area contributed by atoms with Crippen LogP contribution < -0.4 is 5.63 Å². The second kappa shape index (κ2) is 8.02. The van der Waals surface area contributed by atoms with E-state index in [1.54, 1.807) is 25.1 Å². The van der Waals surface area contributed by atoms with E-state index in [2.05, 4.69) is 20.9 Å². The molecule has 0 saturated carbocycles. The maximum atomic E-state index is 12.6. The zero-order valence-electron chi connectivity index (χ0n) is 15.6. The highest BCUT2D eigenvalue weighted by molar-refractivity contribution is 9.10. The van der Waals surface area contributed by atoms with Crippen molar-refractivity contribution in [3.8, 4) is 0 Å². The maximum absolute atomic E-state index is 12.6. The Morgan fingerprint density at radius 3 is 2.64 bits per heavy atom. The number of hydrogen-bond donors (Lipinski definition) is 1. The number of nitrogens with one attached hydrogen (secondary N) is 1. The number of esters is 2. The fraction of sp³-hybridized carbons (Fsp3) is 0.250. The molecule has 3 aromatic rings. The third kappa shape index (κ3) is 3.73. The number of carbonyl (C=O) groups excluding carboxylic acids is 2. The number of hydrogen-bond acceptors (Lipinski definition) is 6. The maximum Gasteiger partial charge on any atom is 0.355 e. The van der Waals surface area contributed by atoms with Crippen LogP contribution in [0.4, 0.5) is 0 Å². The van der Waals surface area contributed by atoms with Crippen molar-refractivity contribution in [2.75, 3.05) is 7.11 Å². The Balaban J connectivity index is 1.89. The van der Waals surface area contributed by atoms with Gasteiger partial charge in [-0.1, -0.05) is 22.9 Å². The van der Waals surface area contributed by atoms with Crippen molar-refractivity contribution in [2.45, 2.75) is 26.9 Å². The van der Waals surface area contributed by atoms with Crippen LogP contribution in [-0.4, -0.2) is 24.0 Å². The van der Waals surface area contributed by atoms with Crippen molar-refractivity contribution >= 4 is 38.8 Å². The number of benzene rings is 1. The van der Waals surface area contributed by atoms with Gasteiger partial charge in [0.1, 0.15) is 17.9 Å². The number of fused-ring (bicyclic) bond motifs is 1. The third-order valence-electron chi connectivity index (χ3n) is 4.43. The number of carbonyl (C=O) groups is 2. The van der Waals surface area contributed by atoms with Crippen LogP contribution in [0.3, 0.4) is 0 Å². The molecule has 2 aromatic heterocycles. The van der Waals surface area contributed by atoms with Gasteiger partial charge in [-0.15, -0.1) is 0 Å². The van der Waals surface area contributed by atoms with E-state index in [1.807, 2.05) is 6.92 Å². The van der Waals surface area contributed by atoms with Crippen molar-refractivity contribution < 1.29 is 23.5 Å². The zero-order chi connectivity index (χ0) is 20.4. The molecule has 0 saturated heterocycles. The van der Waals surface area contributed by atoms with Gasteiger partial charge in [0, 0.05) is 27.2 Å². The molecule has 0 radical (unpaired) electrons. The standard InChI is InChI=1S/C20H18BrNO6/c1-4-14-17(19(24)26-3)10(2)18(22-14)20(25)27-9-11-7-16(23)28-15-8-12(21)5-6-13(11)15/h5-8,22H,4,9H2,1-3H3. The molecule has 28 heavy (non-hydrogen) atoms. The van der Waals surface area contributed by atoms with E-state index in [4.69, 9.17) is 13.9 Å². The molecule has 146 valence electrons. The van der Waals surface area contributed by atoms with E-state index < -0.39 is 17.6 Å². The summed E-state index contributed by atoms with van der Waals surface area (Å²) in [7, 11) is 1.29. The number of aromatic nitrogens is 1. The Kier molecular flexibility index (Phi) is 5.69. The van der Waals surface area contributed by atoms with Crippen molar-refractivity contribution in [3.63, 3.8) is 0 Å². The molecule has 0 unspecified atom stereocenters. The highest BCUT2D eigenvalue weighted by Crippen LogP contribution is 2.24. The topological polar surface area (TPSA) is 98.6 Å². The van der Waals surface area contributed by atoms with E-state index >= 15 is 0 Å². The van der Waals surface area contributed by atoms with E-state index in [-0.39, 0.29) is 12.3 Å². The molecule has 0 amide bonds. The Bertz CT molecular complexity index is 1130. The van der Waals surface area contributed by atoms with Gasteiger partial charge in [-0.05, 0) is 37.1 Å². The summed E-state index contributed by atoms with van der Waals surface area (Å²) >= 11 is 3.33. The van der Waals surface area contributed by atoms with Gasteiger partial charge in [0.15, 0.2) is 0 Å². The molecule has 0 aliphatic heterocycles. The molecular formula is C20H18BrNO6.